The van der Waals surface area contributed by atoms with Gasteiger partial charge in [-0.05, 0) is 29.7 Å². The van der Waals surface area contributed by atoms with Gasteiger partial charge in [-0.25, -0.2) is 8.42 Å². The molecule has 0 saturated carbocycles. The zero-order valence-electron chi connectivity index (χ0n) is 17.9. The van der Waals surface area contributed by atoms with Crippen molar-refractivity contribution in [2.75, 3.05) is 10.6 Å². The lowest BCUT2D eigenvalue weighted by molar-refractivity contribution is -0.133. The van der Waals surface area contributed by atoms with Gasteiger partial charge < -0.3 is 4.90 Å². The number of sulfonamides is 1. The lowest BCUT2D eigenvalue weighted by Crippen LogP contribution is -2.50. The van der Waals surface area contributed by atoms with E-state index in [1.807, 2.05) is 73.7 Å². The predicted molar refractivity (Wildman–Crippen MR) is 125 cm³/mol. The third-order valence-electron chi connectivity index (χ3n) is 5.07. The number of rotatable bonds is 9. The van der Waals surface area contributed by atoms with Crippen LogP contribution in [0.25, 0.3) is 0 Å². The maximum absolute atomic E-state index is 13.8. The van der Waals surface area contributed by atoms with Gasteiger partial charge in [0, 0.05) is 13.1 Å². The van der Waals surface area contributed by atoms with Crippen molar-refractivity contribution in [3.05, 3.63) is 102 Å². The molecule has 0 aromatic heterocycles. The summed E-state index contributed by atoms with van der Waals surface area (Å²) in [6.07, 6.45) is 1.51. The van der Waals surface area contributed by atoms with Crippen LogP contribution in [-0.4, -0.2) is 31.5 Å². The summed E-state index contributed by atoms with van der Waals surface area (Å²) in [4.78, 5) is 15.5. The van der Waals surface area contributed by atoms with Gasteiger partial charge in [0.25, 0.3) is 0 Å². The average molecular weight is 437 g/mol. The van der Waals surface area contributed by atoms with Crippen LogP contribution in [0.15, 0.2) is 91.0 Å². The van der Waals surface area contributed by atoms with Gasteiger partial charge >= 0.3 is 0 Å². The van der Waals surface area contributed by atoms with Crippen LogP contribution in [0.5, 0.6) is 0 Å². The molecule has 0 saturated heterocycles. The van der Waals surface area contributed by atoms with Crippen molar-refractivity contribution in [2.45, 2.75) is 32.5 Å². The van der Waals surface area contributed by atoms with Crippen LogP contribution in [0.2, 0.25) is 0 Å². The molecule has 1 unspecified atom stereocenters. The molecule has 0 radical (unpaired) electrons. The molecule has 0 fully saturated rings. The predicted octanol–water partition coefficient (Wildman–Crippen LogP) is 4.46. The van der Waals surface area contributed by atoms with E-state index < -0.39 is 16.1 Å². The Kier molecular flexibility index (Phi) is 7.47. The van der Waals surface area contributed by atoms with Crippen LogP contribution < -0.4 is 4.31 Å². The van der Waals surface area contributed by atoms with E-state index in [1.165, 1.54) is 4.31 Å². The summed E-state index contributed by atoms with van der Waals surface area (Å²) in [5.41, 5.74) is 2.48. The minimum absolute atomic E-state index is 0.218. The summed E-state index contributed by atoms with van der Waals surface area (Å²) in [6.45, 7) is 2.64. The number of benzene rings is 3. The molecule has 31 heavy (non-hydrogen) atoms. The highest BCUT2D eigenvalue weighted by Gasteiger charge is 2.34. The second-order valence-corrected chi connectivity index (χ2v) is 9.34. The van der Waals surface area contributed by atoms with Crippen molar-refractivity contribution in [3.8, 4) is 0 Å². The van der Waals surface area contributed by atoms with Gasteiger partial charge in [0.1, 0.15) is 6.04 Å². The van der Waals surface area contributed by atoms with Crippen LogP contribution in [0.1, 0.15) is 24.5 Å². The SMILES string of the molecule is CCC(C(=O)N(Cc1ccccc1)Cc1ccccc1)N(c1ccccc1)S(C)(=O)=O. The van der Waals surface area contributed by atoms with Gasteiger partial charge in [0.2, 0.25) is 15.9 Å². The Labute approximate surface area is 185 Å². The van der Waals surface area contributed by atoms with E-state index in [0.717, 1.165) is 17.4 Å². The van der Waals surface area contributed by atoms with Crippen molar-refractivity contribution >= 4 is 21.6 Å². The Hall–Kier alpha value is -3.12. The van der Waals surface area contributed by atoms with Crippen molar-refractivity contribution in [2.24, 2.45) is 0 Å². The number of amides is 1. The van der Waals surface area contributed by atoms with Gasteiger partial charge in [-0.3, -0.25) is 9.10 Å². The first-order chi connectivity index (χ1) is 14.9. The summed E-state index contributed by atoms with van der Waals surface area (Å²) < 4.78 is 26.7. The second-order valence-electron chi connectivity index (χ2n) is 7.48. The van der Waals surface area contributed by atoms with E-state index in [4.69, 9.17) is 0 Å². The molecule has 0 N–H and O–H groups in total. The zero-order valence-corrected chi connectivity index (χ0v) is 18.7. The number of nitrogens with zero attached hydrogens (tertiary/aromatic N) is 2. The number of anilines is 1. The fraction of sp³-hybridized carbons (Fsp3) is 0.240. The second kappa shape index (κ2) is 10.3. The molecule has 3 aromatic carbocycles. The van der Waals surface area contributed by atoms with E-state index in [-0.39, 0.29) is 5.91 Å². The largest absolute Gasteiger partial charge is 0.332 e. The summed E-state index contributed by atoms with van der Waals surface area (Å²) >= 11 is 0. The average Bonchev–Trinajstić information content (AvgIpc) is 2.77. The quantitative estimate of drug-likeness (QED) is 0.498. The van der Waals surface area contributed by atoms with Crippen LogP contribution in [0, 0.1) is 0 Å². The lowest BCUT2D eigenvalue weighted by Gasteiger charge is -2.34. The molecule has 1 atom stereocenters. The molecular weight excluding hydrogens is 408 g/mol. The minimum atomic E-state index is -3.67. The van der Waals surface area contributed by atoms with Gasteiger partial charge in [0.15, 0.2) is 0 Å². The van der Waals surface area contributed by atoms with Crippen molar-refractivity contribution in [3.63, 3.8) is 0 Å². The Morgan fingerprint density at radius 1 is 0.774 bits per heavy atom. The molecule has 1 amide bonds. The molecule has 5 nitrogen and oxygen atoms in total. The highest BCUT2D eigenvalue weighted by atomic mass is 32.2. The normalized spacial score (nSPS) is 12.2. The molecule has 0 spiro atoms. The number of hydrogen-bond acceptors (Lipinski definition) is 3. The molecule has 6 heteroatoms. The smallest absolute Gasteiger partial charge is 0.247 e. The fourth-order valence-electron chi connectivity index (χ4n) is 3.65. The molecule has 162 valence electrons. The van der Waals surface area contributed by atoms with Crippen molar-refractivity contribution in [1.29, 1.82) is 0 Å². The highest BCUT2D eigenvalue weighted by Crippen LogP contribution is 2.24. The highest BCUT2D eigenvalue weighted by molar-refractivity contribution is 7.92. The first kappa shape index (κ1) is 22.6. The van der Waals surface area contributed by atoms with Crippen molar-refractivity contribution in [1.82, 2.24) is 4.90 Å². The van der Waals surface area contributed by atoms with Gasteiger partial charge in [-0.2, -0.15) is 0 Å². The Morgan fingerprint density at radius 3 is 1.58 bits per heavy atom. The fourth-order valence-corrected chi connectivity index (χ4v) is 4.85. The van der Waals surface area contributed by atoms with Crippen LogP contribution in [0.3, 0.4) is 0 Å². The lowest BCUT2D eigenvalue weighted by atomic mass is 10.1. The first-order valence-corrected chi connectivity index (χ1v) is 12.2. The van der Waals surface area contributed by atoms with E-state index >= 15 is 0 Å². The molecule has 0 aliphatic heterocycles. The van der Waals surface area contributed by atoms with Gasteiger partial charge in [-0.15, -0.1) is 0 Å². The summed E-state index contributed by atoms with van der Waals surface area (Å²) in [7, 11) is -3.67. The zero-order chi connectivity index (χ0) is 22.3. The van der Waals surface area contributed by atoms with E-state index in [1.54, 1.807) is 29.2 Å². The standard InChI is InChI=1S/C25H28N2O3S/c1-3-24(27(31(2,29)30)23-17-11-6-12-18-23)25(28)26(19-21-13-7-4-8-14-21)20-22-15-9-5-10-16-22/h4-18,24H,3,19-20H2,1-2H3. The Balaban J connectivity index is 1.98. The molecule has 0 aliphatic rings. The molecular formula is C25H28N2O3S. The number of carbonyl (C=O) groups excluding carboxylic acids is 1. The number of para-hydroxylation sites is 1. The monoisotopic (exact) mass is 436 g/mol. The number of hydrogen-bond donors (Lipinski definition) is 0. The Morgan fingerprint density at radius 2 is 1.19 bits per heavy atom. The summed E-state index contributed by atoms with van der Waals surface area (Å²) in [5.74, 6) is -0.218. The molecule has 3 rings (SSSR count). The molecule has 0 bridgehead atoms. The third kappa shape index (κ3) is 5.95. The van der Waals surface area contributed by atoms with Gasteiger partial charge in [-0.1, -0.05) is 85.8 Å². The minimum Gasteiger partial charge on any atom is -0.332 e. The van der Waals surface area contributed by atoms with E-state index in [9.17, 15) is 13.2 Å². The topological polar surface area (TPSA) is 57.7 Å². The van der Waals surface area contributed by atoms with E-state index in [2.05, 4.69) is 0 Å². The summed E-state index contributed by atoms with van der Waals surface area (Å²) in [6, 6.07) is 27.5. The van der Waals surface area contributed by atoms with Crippen LogP contribution in [0.4, 0.5) is 5.69 Å². The van der Waals surface area contributed by atoms with Crippen LogP contribution >= 0.6 is 0 Å². The molecule has 3 aromatic rings. The summed E-state index contributed by atoms with van der Waals surface area (Å²) in [5, 5.41) is 0. The first-order valence-electron chi connectivity index (χ1n) is 10.3. The maximum atomic E-state index is 13.8. The van der Waals surface area contributed by atoms with Crippen LogP contribution in [-0.2, 0) is 27.9 Å². The maximum Gasteiger partial charge on any atom is 0.247 e. The molecule has 0 aliphatic carbocycles. The van der Waals surface area contributed by atoms with E-state index in [0.29, 0.717) is 25.2 Å². The van der Waals surface area contributed by atoms with Crippen molar-refractivity contribution < 1.29 is 13.2 Å². The Bertz CT molecular complexity index is 1030. The molecule has 0 heterocycles. The third-order valence-corrected chi connectivity index (χ3v) is 6.25. The number of carbonyl (C=O) groups is 1. The van der Waals surface area contributed by atoms with Gasteiger partial charge in [0.05, 0.1) is 11.9 Å².